The number of hydrazine groups is 1. The number of hydrogen-bond donors (Lipinski definition) is 3. The summed E-state index contributed by atoms with van der Waals surface area (Å²) in [6, 6.07) is 14.9. The number of unbranched alkanes of at least 4 members (excludes halogenated alkanes) is 2. The molecule has 4 aliphatic rings. The Hall–Kier alpha value is -5.53. The van der Waals surface area contributed by atoms with Crippen LogP contribution in [0.1, 0.15) is 49.7 Å². The van der Waals surface area contributed by atoms with Crippen LogP contribution in [-0.2, 0) is 29.4 Å². The number of ether oxygens (including phenoxy) is 3. The second kappa shape index (κ2) is 16.4. The maximum Gasteiger partial charge on any atom is 0.303 e. The minimum atomic E-state index is -1.55. The van der Waals surface area contributed by atoms with Crippen molar-refractivity contribution in [2.45, 2.75) is 43.9 Å². The van der Waals surface area contributed by atoms with Gasteiger partial charge in [-0.3, -0.25) is 34.3 Å². The van der Waals surface area contributed by atoms with Gasteiger partial charge in [0.2, 0.25) is 17.6 Å². The number of phenols is 1. The Kier molecular flexibility index (Phi) is 11.5. The van der Waals surface area contributed by atoms with E-state index in [1.54, 1.807) is 54.6 Å². The van der Waals surface area contributed by atoms with Crippen molar-refractivity contribution in [2.75, 3.05) is 33.3 Å². The van der Waals surface area contributed by atoms with Crippen molar-refractivity contribution < 1.29 is 48.4 Å². The van der Waals surface area contributed by atoms with Crippen molar-refractivity contribution in [3.63, 3.8) is 0 Å². The number of nitrogens with zero attached hydrogens (tertiary/aromatic N) is 2. The van der Waals surface area contributed by atoms with E-state index in [1.807, 2.05) is 12.2 Å². The molecule has 3 aromatic carbocycles. The summed E-state index contributed by atoms with van der Waals surface area (Å²) in [5.41, 5.74) is 3.55. The van der Waals surface area contributed by atoms with Gasteiger partial charge < -0.3 is 24.4 Å². The number of amides is 4. The number of aromatic hydroxyl groups is 1. The van der Waals surface area contributed by atoms with Crippen LogP contribution >= 0.6 is 23.2 Å². The van der Waals surface area contributed by atoms with E-state index < -0.39 is 52.8 Å². The minimum Gasteiger partial charge on any atom is -0.502 e. The van der Waals surface area contributed by atoms with Crippen molar-refractivity contribution in [3.8, 4) is 23.0 Å². The van der Waals surface area contributed by atoms with E-state index in [9.17, 15) is 24.3 Å². The highest BCUT2D eigenvalue weighted by Gasteiger charge is 2.69. The molecule has 3 fully saturated rings. The molecule has 58 heavy (non-hydrogen) atoms. The zero-order chi connectivity index (χ0) is 41.5. The van der Waals surface area contributed by atoms with E-state index in [1.165, 1.54) is 32.3 Å². The van der Waals surface area contributed by atoms with Crippen LogP contribution in [0.3, 0.4) is 0 Å². The van der Waals surface area contributed by atoms with Crippen LogP contribution in [0.2, 0.25) is 10.0 Å². The number of carbonyl (C=O) groups excluding carboxylic acids is 4. The fourth-order valence-electron chi connectivity index (χ4n) is 9.32. The van der Waals surface area contributed by atoms with Gasteiger partial charge in [-0.25, -0.2) is 0 Å². The molecule has 7 rings (SSSR count). The number of halogens is 2. The van der Waals surface area contributed by atoms with Crippen LogP contribution in [0, 0.1) is 29.6 Å². The van der Waals surface area contributed by atoms with E-state index in [2.05, 4.69) is 5.43 Å². The molecular weight excluding hydrogens is 789 g/mol. The van der Waals surface area contributed by atoms with E-state index >= 15 is 4.79 Å². The molecule has 0 bridgehead atoms. The quantitative estimate of drug-likeness (QED) is 0.0877. The Labute approximate surface area is 345 Å². The molecule has 6 atom stereocenters. The van der Waals surface area contributed by atoms with Crippen LogP contribution in [0.15, 0.2) is 72.3 Å². The number of likely N-dealkylation sites (tertiary alicyclic amines) is 1. The molecule has 304 valence electrons. The molecule has 3 N–H and O–H groups in total. The predicted molar refractivity (Wildman–Crippen MR) is 214 cm³/mol. The summed E-state index contributed by atoms with van der Waals surface area (Å²) < 4.78 is 16.3. The lowest BCUT2D eigenvalue weighted by Gasteiger charge is -2.49. The number of hydrogen-bond acceptors (Lipinski definition) is 10. The summed E-state index contributed by atoms with van der Waals surface area (Å²) in [7, 11) is 4.36. The lowest BCUT2D eigenvalue weighted by molar-refractivity contribution is -0.141. The SMILES string of the molecule is COc1ccc([C@@]23C(=O)N(Nc4ccc(Cl)cc4Cl)C(=O)[C@@H]2C[C@@H]2C(=CC[C@@H]4C(=O)N(CCCCCC(=O)O)C(=O)[C@@H]42)[C@@H]3C=Cc2cc(OC)c(O)c(OC)c2)cc1. The number of benzene rings is 3. The molecule has 2 heterocycles. The molecule has 13 nitrogen and oxygen atoms in total. The third-order valence-electron chi connectivity index (χ3n) is 12.0. The van der Waals surface area contributed by atoms with Crippen molar-refractivity contribution in [3.05, 3.63) is 93.5 Å². The van der Waals surface area contributed by atoms with Gasteiger partial charge in [-0.15, -0.1) is 0 Å². The lowest BCUT2D eigenvalue weighted by atomic mass is 9.50. The Morgan fingerprint density at radius 3 is 2.24 bits per heavy atom. The van der Waals surface area contributed by atoms with Gasteiger partial charge in [-0.05, 0) is 85.2 Å². The van der Waals surface area contributed by atoms with Crippen LogP contribution in [0.25, 0.3) is 6.08 Å². The largest absolute Gasteiger partial charge is 0.502 e. The normalized spacial score (nSPS) is 25.1. The molecular formula is C43H43Cl2N3O10. The Morgan fingerprint density at radius 2 is 1.60 bits per heavy atom. The van der Waals surface area contributed by atoms with E-state index in [4.69, 9.17) is 42.5 Å². The molecule has 1 saturated carbocycles. The number of imide groups is 2. The fraction of sp³-hybridized carbons (Fsp3) is 0.372. The molecule has 0 radical (unpaired) electrons. The van der Waals surface area contributed by atoms with Crippen LogP contribution in [-0.4, -0.2) is 77.6 Å². The van der Waals surface area contributed by atoms with Gasteiger partial charge >= 0.3 is 5.97 Å². The second-order valence-electron chi connectivity index (χ2n) is 14.9. The van der Waals surface area contributed by atoms with Crippen molar-refractivity contribution in [1.82, 2.24) is 9.91 Å². The van der Waals surface area contributed by atoms with E-state index in [-0.39, 0.29) is 65.6 Å². The number of anilines is 1. The number of methoxy groups -OCH3 is 3. The lowest BCUT2D eigenvalue weighted by Crippen LogP contribution is -2.54. The first kappa shape index (κ1) is 40.7. The average molecular weight is 833 g/mol. The Bertz CT molecular complexity index is 2200. The molecule has 15 heteroatoms. The van der Waals surface area contributed by atoms with Gasteiger partial charge in [0.1, 0.15) is 5.75 Å². The number of aliphatic carboxylic acids is 1. The average Bonchev–Trinajstić information content (AvgIpc) is 3.58. The van der Waals surface area contributed by atoms with Gasteiger partial charge in [0.15, 0.2) is 11.5 Å². The summed E-state index contributed by atoms with van der Waals surface area (Å²) in [4.78, 5) is 70.9. The first-order valence-corrected chi connectivity index (χ1v) is 19.8. The van der Waals surface area contributed by atoms with E-state index in [0.29, 0.717) is 41.2 Å². The zero-order valence-electron chi connectivity index (χ0n) is 32.1. The maximum atomic E-state index is 15.4. The number of rotatable bonds is 14. The summed E-state index contributed by atoms with van der Waals surface area (Å²) in [5, 5.41) is 21.2. The van der Waals surface area contributed by atoms with Gasteiger partial charge in [-0.1, -0.05) is 65.6 Å². The second-order valence-corrected chi connectivity index (χ2v) is 15.8. The Balaban J connectivity index is 1.36. The molecule has 0 unspecified atom stereocenters. The van der Waals surface area contributed by atoms with E-state index in [0.717, 1.165) is 10.6 Å². The molecule has 4 amide bonds. The number of nitrogens with one attached hydrogen (secondary N) is 1. The van der Waals surface area contributed by atoms with Crippen molar-refractivity contribution in [2.24, 2.45) is 29.6 Å². The molecule has 2 saturated heterocycles. The van der Waals surface area contributed by atoms with Crippen molar-refractivity contribution in [1.29, 1.82) is 0 Å². The first-order valence-electron chi connectivity index (χ1n) is 19.0. The molecule has 3 aromatic rings. The Morgan fingerprint density at radius 1 is 0.897 bits per heavy atom. The maximum absolute atomic E-state index is 15.4. The third kappa shape index (κ3) is 6.93. The highest BCUT2D eigenvalue weighted by atomic mass is 35.5. The third-order valence-corrected chi connectivity index (χ3v) is 12.5. The highest BCUT2D eigenvalue weighted by molar-refractivity contribution is 6.36. The summed E-state index contributed by atoms with van der Waals surface area (Å²) in [6.07, 6.45) is 7.32. The summed E-state index contributed by atoms with van der Waals surface area (Å²) >= 11 is 12.7. The first-order chi connectivity index (χ1) is 27.8. The minimum absolute atomic E-state index is 0.00128. The van der Waals surface area contributed by atoms with Gasteiger partial charge in [-0.2, -0.15) is 5.01 Å². The number of allylic oxidation sites excluding steroid dienone is 3. The molecule has 0 aromatic heterocycles. The van der Waals surface area contributed by atoms with Crippen LogP contribution < -0.4 is 19.6 Å². The van der Waals surface area contributed by atoms with Crippen molar-refractivity contribution >= 4 is 64.6 Å². The monoisotopic (exact) mass is 831 g/mol. The predicted octanol–water partition coefficient (Wildman–Crippen LogP) is 6.90. The molecule has 0 spiro atoms. The number of carbonyl (C=O) groups is 5. The number of fused-ring (bicyclic) bond motifs is 4. The van der Waals surface area contributed by atoms with Crippen LogP contribution in [0.5, 0.6) is 23.0 Å². The number of phenolic OH excluding ortho intramolecular Hbond substituents is 1. The van der Waals surface area contributed by atoms with Gasteiger partial charge in [0.05, 0.1) is 55.2 Å². The van der Waals surface area contributed by atoms with Gasteiger partial charge in [0, 0.05) is 23.9 Å². The van der Waals surface area contributed by atoms with Crippen LogP contribution in [0.4, 0.5) is 5.69 Å². The standard InChI is InChI=1S/C43H43Cl2N3O10/c1-56-26-12-9-24(10-13-26)43-30(16-8-23-19-34(57-2)38(51)35(20-23)58-3)27-14-15-28-37(41(54)47(39(28)52)18-6-4-5-7-36(49)50)29(27)22-31(43)40(53)48(42(43)55)46-33-17-11-25(44)21-32(33)45/h8-14,16-17,19-21,28-31,37,46,51H,4-7,15,18,22H2,1-3H3,(H,49,50)/t28-,29+,30-,31-,37-,43-/m0/s1. The van der Waals surface area contributed by atoms with Gasteiger partial charge in [0.25, 0.3) is 11.8 Å². The summed E-state index contributed by atoms with van der Waals surface area (Å²) in [5.74, 6) is -5.81. The zero-order valence-corrected chi connectivity index (χ0v) is 33.6. The molecule has 2 aliphatic heterocycles. The topological polar surface area (TPSA) is 172 Å². The molecule has 2 aliphatic carbocycles. The summed E-state index contributed by atoms with van der Waals surface area (Å²) in [6.45, 7) is 0.163. The number of carboxylic acid groups (broad SMARTS) is 1. The smallest absolute Gasteiger partial charge is 0.303 e. The fourth-order valence-corrected chi connectivity index (χ4v) is 9.77. The highest BCUT2D eigenvalue weighted by Crippen LogP contribution is 2.61. The number of carboxylic acids is 1.